The Morgan fingerprint density at radius 2 is 1.65 bits per heavy atom. The molecule has 0 atom stereocenters. The maximum absolute atomic E-state index is 12.7. The van der Waals surface area contributed by atoms with Gasteiger partial charge in [-0.1, -0.05) is 39.0 Å². The fourth-order valence-electron chi connectivity index (χ4n) is 1.24. The number of nitrogens with two attached hydrogens (primary N) is 1. The second kappa shape index (κ2) is 7.97. The summed E-state index contributed by atoms with van der Waals surface area (Å²) < 4.78 is 29.6. The van der Waals surface area contributed by atoms with Gasteiger partial charge < -0.3 is 10.5 Å². The summed E-state index contributed by atoms with van der Waals surface area (Å²) in [5.41, 5.74) is 4.37. The molecule has 0 bridgehead atoms. The molecule has 0 rings (SSSR count). The van der Waals surface area contributed by atoms with Gasteiger partial charge in [-0.2, -0.15) is 8.78 Å². The van der Waals surface area contributed by atoms with Crippen LogP contribution in [-0.2, 0) is 14.3 Å². The summed E-state index contributed by atoms with van der Waals surface area (Å²) in [5.74, 6) is -8.06. The van der Waals surface area contributed by atoms with E-state index in [9.17, 15) is 18.4 Å². The predicted molar refractivity (Wildman–Crippen MR) is 58.5 cm³/mol. The van der Waals surface area contributed by atoms with Crippen LogP contribution in [0.4, 0.5) is 8.78 Å². The zero-order valence-corrected chi connectivity index (χ0v) is 10.0. The molecule has 4 nitrogen and oxygen atoms in total. The summed E-state index contributed by atoms with van der Waals surface area (Å²) in [6.45, 7) is 1.99. The van der Waals surface area contributed by atoms with Gasteiger partial charge in [-0.25, -0.2) is 4.79 Å². The summed E-state index contributed by atoms with van der Waals surface area (Å²) in [7, 11) is 0. The van der Waals surface area contributed by atoms with Crippen molar-refractivity contribution in [2.45, 2.75) is 51.4 Å². The molecule has 0 heterocycles. The summed E-state index contributed by atoms with van der Waals surface area (Å²) in [6.07, 6.45) is 5.67. The number of hydrogen-bond donors (Lipinski definition) is 1. The van der Waals surface area contributed by atoms with E-state index in [1.54, 1.807) is 0 Å². The Kier molecular flexibility index (Phi) is 7.41. The van der Waals surface area contributed by atoms with Crippen LogP contribution in [0.1, 0.15) is 45.4 Å². The Balaban J connectivity index is 3.62. The first-order chi connectivity index (χ1) is 7.92. The summed E-state index contributed by atoms with van der Waals surface area (Å²) in [5, 5.41) is 0. The average molecular weight is 251 g/mol. The van der Waals surface area contributed by atoms with Gasteiger partial charge in [-0.15, -0.1) is 0 Å². The second-order valence-corrected chi connectivity index (χ2v) is 3.84. The minimum absolute atomic E-state index is 0.103. The van der Waals surface area contributed by atoms with Crippen molar-refractivity contribution < 1.29 is 23.1 Å². The second-order valence-electron chi connectivity index (χ2n) is 3.84. The predicted octanol–water partition coefficient (Wildman–Crippen LogP) is 2.01. The molecule has 6 heteroatoms. The third-order valence-electron chi connectivity index (χ3n) is 2.30. The van der Waals surface area contributed by atoms with Crippen LogP contribution in [0, 0.1) is 0 Å². The van der Waals surface area contributed by atoms with Crippen LogP contribution in [0.15, 0.2) is 0 Å². The van der Waals surface area contributed by atoms with E-state index in [2.05, 4.69) is 17.4 Å². The lowest BCUT2D eigenvalue weighted by Crippen LogP contribution is -2.44. The maximum atomic E-state index is 12.7. The number of carbonyl (C=O) groups excluding carboxylic acids is 2. The number of carbonyl (C=O) groups is 2. The summed E-state index contributed by atoms with van der Waals surface area (Å²) in [6, 6.07) is 0. The van der Waals surface area contributed by atoms with Crippen molar-refractivity contribution in [2.75, 3.05) is 6.61 Å². The molecule has 0 aliphatic heterocycles. The van der Waals surface area contributed by atoms with Crippen LogP contribution < -0.4 is 5.73 Å². The zero-order chi connectivity index (χ0) is 13.3. The Hall–Kier alpha value is -1.20. The zero-order valence-electron chi connectivity index (χ0n) is 10.0. The van der Waals surface area contributed by atoms with Crippen LogP contribution in [0.3, 0.4) is 0 Å². The first kappa shape index (κ1) is 15.8. The van der Waals surface area contributed by atoms with Crippen LogP contribution in [-0.4, -0.2) is 24.4 Å². The average Bonchev–Trinajstić information content (AvgIpc) is 2.27. The lowest BCUT2D eigenvalue weighted by Gasteiger charge is -2.11. The highest BCUT2D eigenvalue weighted by molar-refractivity contribution is 6.03. The largest absolute Gasteiger partial charge is 0.461 e. The molecule has 0 aliphatic rings. The number of esters is 1. The van der Waals surface area contributed by atoms with Gasteiger partial charge in [0.25, 0.3) is 5.91 Å². The topological polar surface area (TPSA) is 69.4 Å². The molecule has 2 N–H and O–H groups in total. The van der Waals surface area contributed by atoms with Gasteiger partial charge in [0.2, 0.25) is 0 Å². The molecule has 0 aliphatic carbocycles. The number of primary amides is 1. The first-order valence-corrected chi connectivity index (χ1v) is 5.77. The number of hydrogen-bond acceptors (Lipinski definition) is 3. The molecule has 0 fully saturated rings. The van der Waals surface area contributed by atoms with Crippen molar-refractivity contribution in [1.29, 1.82) is 0 Å². The Morgan fingerprint density at radius 1 is 1.12 bits per heavy atom. The summed E-state index contributed by atoms with van der Waals surface area (Å²) in [4.78, 5) is 21.0. The molecular formula is C11H19F2NO3. The van der Waals surface area contributed by atoms with Crippen LogP contribution in [0.25, 0.3) is 0 Å². The van der Waals surface area contributed by atoms with Crippen molar-refractivity contribution in [1.82, 2.24) is 0 Å². The van der Waals surface area contributed by atoms with Gasteiger partial charge in [0.1, 0.15) is 0 Å². The number of alkyl halides is 2. The molecule has 0 saturated heterocycles. The highest BCUT2D eigenvalue weighted by atomic mass is 19.3. The molecule has 0 aromatic carbocycles. The smallest absolute Gasteiger partial charge is 0.418 e. The van der Waals surface area contributed by atoms with E-state index >= 15 is 0 Å². The lowest BCUT2D eigenvalue weighted by atomic mass is 10.1. The van der Waals surface area contributed by atoms with E-state index in [0.29, 0.717) is 6.42 Å². The van der Waals surface area contributed by atoms with E-state index in [1.165, 1.54) is 0 Å². The van der Waals surface area contributed by atoms with E-state index in [1.807, 2.05) is 0 Å². The van der Waals surface area contributed by atoms with Crippen molar-refractivity contribution in [2.24, 2.45) is 5.73 Å². The molecule has 17 heavy (non-hydrogen) atoms. The van der Waals surface area contributed by atoms with Gasteiger partial charge in [-0.3, -0.25) is 4.79 Å². The van der Waals surface area contributed by atoms with Crippen molar-refractivity contribution in [3.8, 4) is 0 Å². The monoisotopic (exact) mass is 251 g/mol. The maximum Gasteiger partial charge on any atom is 0.418 e. The fourth-order valence-corrected chi connectivity index (χ4v) is 1.24. The lowest BCUT2D eigenvalue weighted by molar-refractivity contribution is -0.176. The van der Waals surface area contributed by atoms with Gasteiger partial charge in [0.15, 0.2) is 0 Å². The molecule has 0 aromatic rings. The molecular weight excluding hydrogens is 232 g/mol. The first-order valence-electron chi connectivity index (χ1n) is 5.77. The van der Waals surface area contributed by atoms with E-state index in [-0.39, 0.29) is 6.61 Å². The van der Waals surface area contributed by atoms with Crippen LogP contribution >= 0.6 is 0 Å². The SMILES string of the molecule is CCCCCCCCOC(=O)C(F)(F)C(N)=O. The molecule has 0 unspecified atom stereocenters. The van der Waals surface area contributed by atoms with Gasteiger partial charge >= 0.3 is 11.9 Å². The quantitative estimate of drug-likeness (QED) is 0.387. The fraction of sp³-hybridized carbons (Fsp3) is 0.818. The minimum Gasteiger partial charge on any atom is -0.461 e. The molecule has 0 aromatic heterocycles. The Bertz CT molecular complexity index is 257. The van der Waals surface area contributed by atoms with E-state index < -0.39 is 17.8 Å². The van der Waals surface area contributed by atoms with Crippen molar-refractivity contribution in [3.63, 3.8) is 0 Å². The normalized spacial score (nSPS) is 11.2. The highest BCUT2D eigenvalue weighted by Gasteiger charge is 2.47. The summed E-state index contributed by atoms with van der Waals surface area (Å²) >= 11 is 0. The van der Waals surface area contributed by atoms with Crippen LogP contribution in [0.2, 0.25) is 0 Å². The number of rotatable bonds is 9. The van der Waals surface area contributed by atoms with E-state index in [0.717, 1.165) is 32.1 Å². The van der Waals surface area contributed by atoms with Crippen molar-refractivity contribution in [3.05, 3.63) is 0 Å². The third-order valence-corrected chi connectivity index (χ3v) is 2.30. The van der Waals surface area contributed by atoms with Gasteiger partial charge in [0, 0.05) is 0 Å². The minimum atomic E-state index is -4.22. The Labute approximate surface area is 99.5 Å². The van der Waals surface area contributed by atoms with Gasteiger partial charge in [-0.05, 0) is 6.42 Å². The molecule has 100 valence electrons. The number of halogens is 2. The number of ether oxygens (including phenoxy) is 1. The standard InChI is InChI=1S/C11H19F2NO3/c1-2-3-4-5-6-7-8-17-10(16)11(12,13)9(14)15/h2-8H2,1H3,(H2,14,15). The van der Waals surface area contributed by atoms with Crippen molar-refractivity contribution >= 4 is 11.9 Å². The molecule has 1 amide bonds. The van der Waals surface area contributed by atoms with Crippen LogP contribution in [0.5, 0.6) is 0 Å². The molecule has 0 spiro atoms. The third kappa shape index (κ3) is 6.19. The number of unbranched alkanes of at least 4 members (excludes halogenated alkanes) is 5. The highest BCUT2D eigenvalue weighted by Crippen LogP contribution is 2.15. The Morgan fingerprint density at radius 3 is 2.18 bits per heavy atom. The van der Waals surface area contributed by atoms with E-state index in [4.69, 9.17) is 0 Å². The molecule has 0 radical (unpaired) electrons. The number of amides is 1. The van der Waals surface area contributed by atoms with Gasteiger partial charge in [0.05, 0.1) is 6.61 Å². The molecule has 0 saturated carbocycles.